The molecule has 0 unspecified atom stereocenters. The maximum atomic E-state index is 13.8. The Kier molecular flexibility index (Phi) is 4.50. The summed E-state index contributed by atoms with van der Waals surface area (Å²) < 4.78 is 19.7. The van der Waals surface area contributed by atoms with Crippen LogP contribution in [-0.4, -0.2) is 41.4 Å². The van der Waals surface area contributed by atoms with Gasteiger partial charge in [0.2, 0.25) is 0 Å². The molecule has 116 valence electrons. The van der Waals surface area contributed by atoms with Gasteiger partial charge in [0.05, 0.1) is 11.7 Å². The zero-order valence-electron chi connectivity index (χ0n) is 12.0. The minimum absolute atomic E-state index is 0.253. The number of aliphatic hydroxyl groups excluding tert-OH is 1. The molecule has 0 aliphatic carbocycles. The van der Waals surface area contributed by atoms with E-state index in [2.05, 4.69) is 4.90 Å². The molecule has 0 saturated carbocycles. The zero-order valence-corrected chi connectivity index (χ0v) is 12.8. The van der Waals surface area contributed by atoms with E-state index in [1.165, 1.54) is 6.07 Å². The predicted molar refractivity (Wildman–Crippen MR) is 79.8 cm³/mol. The average molecular weight is 314 g/mol. The minimum Gasteiger partial charge on any atom is -0.390 e. The van der Waals surface area contributed by atoms with Crippen molar-refractivity contribution in [3.8, 4) is 0 Å². The van der Waals surface area contributed by atoms with E-state index in [0.717, 1.165) is 45.4 Å². The molecular weight excluding hydrogens is 293 g/mol. The summed E-state index contributed by atoms with van der Waals surface area (Å²) in [5, 5.41) is 10.6. The van der Waals surface area contributed by atoms with E-state index in [1.54, 1.807) is 12.1 Å². The fraction of sp³-hybridized carbons (Fsp3) is 0.625. The Morgan fingerprint density at radius 3 is 2.81 bits per heavy atom. The van der Waals surface area contributed by atoms with Crippen molar-refractivity contribution in [1.29, 1.82) is 0 Å². The van der Waals surface area contributed by atoms with Crippen LogP contribution >= 0.6 is 11.6 Å². The molecular formula is C16H21ClFNO2. The van der Waals surface area contributed by atoms with Crippen molar-refractivity contribution in [3.63, 3.8) is 0 Å². The first-order chi connectivity index (χ1) is 10.1. The standard InChI is InChI=1S/C16H21ClFNO2/c17-13-4-3-12(14(18)10-13)11-19-7-5-16(6-8-19)15(20)2-1-9-21-16/h3-4,10,15,20H,1-2,5-9,11H2/t15-/m0/s1. The number of halogens is 2. The molecule has 3 rings (SSSR count). The summed E-state index contributed by atoms with van der Waals surface area (Å²) >= 11 is 5.78. The molecule has 2 aliphatic rings. The Morgan fingerprint density at radius 2 is 2.14 bits per heavy atom. The maximum absolute atomic E-state index is 13.8. The van der Waals surface area contributed by atoms with Crippen molar-refractivity contribution >= 4 is 11.6 Å². The quantitative estimate of drug-likeness (QED) is 0.911. The SMILES string of the molecule is O[C@H]1CCCOC12CCN(Cc1ccc(Cl)cc1F)CC2. The largest absolute Gasteiger partial charge is 0.390 e. The van der Waals surface area contributed by atoms with Gasteiger partial charge in [0.25, 0.3) is 0 Å². The molecule has 0 bridgehead atoms. The Hall–Kier alpha value is -0.680. The molecule has 2 fully saturated rings. The van der Waals surface area contributed by atoms with Gasteiger partial charge >= 0.3 is 0 Å². The van der Waals surface area contributed by atoms with E-state index < -0.39 is 0 Å². The summed E-state index contributed by atoms with van der Waals surface area (Å²) in [4.78, 5) is 2.21. The molecule has 2 aliphatic heterocycles. The number of aliphatic hydroxyl groups is 1. The number of hydrogen-bond donors (Lipinski definition) is 1. The zero-order chi connectivity index (χ0) is 14.9. The van der Waals surface area contributed by atoms with Crippen LogP contribution in [0.4, 0.5) is 4.39 Å². The van der Waals surface area contributed by atoms with Crippen molar-refractivity contribution in [2.24, 2.45) is 0 Å². The predicted octanol–water partition coefficient (Wildman–Crippen LogP) is 2.99. The van der Waals surface area contributed by atoms with Crippen molar-refractivity contribution in [3.05, 3.63) is 34.6 Å². The first kappa shape index (κ1) is 15.2. The topological polar surface area (TPSA) is 32.7 Å². The summed E-state index contributed by atoms with van der Waals surface area (Å²) in [7, 11) is 0. The number of ether oxygens (including phenoxy) is 1. The first-order valence-corrected chi connectivity index (χ1v) is 7.95. The molecule has 1 aromatic carbocycles. The lowest BCUT2D eigenvalue weighted by Gasteiger charge is -2.46. The molecule has 1 atom stereocenters. The third-order valence-electron chi connectivity index (χ3n) is 4.73. The summed E-state index contributed by atoms with van der Waals surface area (Å²) in [6, 6.07) is 4.82. The fourth-order valence-corrected chi connectivity index (χ4v) is 3.53. The molecule has 0 radical (unpaired) electrons. The number of benzene rings is 1. The smallest absolute Gasteiger partial charge is 0.129 e. The summed E-state index contributed by atoms with van der Waals surface area (Å²) in [5.74, 6) is -0.253. The maximum Gasteiger partial charge on any atom is 0.129 e. The van der Waals surface area contributed by atoms with Gasteiger partial charge < -0.3 is 9.84 Å². The highest BCUT2D eigenvalue weighted by Crippen LogP contribution is 2.35. The molecule has 21 heavy (non-hydrogen) atoms. The van der Waals surface area contributed by atoms with Gasteiger partial charge in [-0.1, -0.05) is 17.7 Å². The molecule has 2 heterocycles. The second kappa shape index (κ2) is 6.21. The molecule has 5 heteroatoms. The van der Waals surface area contributed by atoms with Gasteiger partial charge in [-0.2, -0.15) is 0 Å². The monoisotopic (exact) mass is 313 g/mol. The molecule has 2 saturated heterocycles. The van der Waals surface area contributed by atoms with Crippen LogP contribution < -0.4 is 0 Å². The minimum atomic E-state index is -0.368. The van der Waals surface area contributed by atoms with Crippen LogP contribution in [0.2, 0.25) is 5.02 Å². The third kappa shape index (κ3) is 3.24. The van der Waals surface area contributed by atoms with E-state index in [9.17, 15) is 9.50 Å². The first-order valence-electron chi connectivity index (χ1n) is 7.57. The van der Waals surface area contributed by atoms with Crippen LogP contribution in [0.3, 0.4) is 0 Å². The normalized spacial score (nSPS) is 26.1. The van der Waals surface area contributed by atoms with Crippen molar-refractivity contribution in [1.82, 2.24) is 4.90 Å². The van der Waals surface area contributed by atoms with E-state index >= 15 is 0 Å². The van der Waals surface area contributed by atoms with Crippen LogP contribution in [0.15, 0.2) is 18.2 Å². The van der Waals surface area contributed by atoms with Gasteiger partial charge in [0, 0.05) is 36.8 Å². The summed E-state index contributed by atoms with van der Waals surface area (Å²) in [6.45, 7) is 2.95. The number of nitrogens with zero attached hydrogens (tertiary/aromatic N) is 1. The van der Waals surface area contributed by atoms with E-state index in [0.29, 0.717) is 17.1 Å². The lowest BCUT2D eigenvalue weighted by Crippen LogP contribution is -2.55. The lowest BCUT2D eigenvalue weighted by molar-refractivity contribution is -0.177. The van der Waals surface area contributed by atoms with Gasteiger partial charge in [-0.3, -0.25) is 4.90 Å². The molecule has 1 N–H and O–H groups in total. The van der Waals surface area contributed by atoms with Crippen molar-refractivity contribution < 1.29 is 14.2 Å². The summed E-state index contributed by atoms with van der Waals surface area (Å²) in [5.41, 5.74) is 0.299. The summed E-state index contributed by atoms with van der Waals surface area (Å²) in [6.07, 6.45) is 3.02. The van der Waals surface area contributed by atoms with E-state index in [-0.39, 0.29) is 17.5 Å². The highest BCUT2D eigenvalue weighted by Gasteiger charge is 2.43. The van der Waals surface area contributed by atoms with Crippen LogP contribution in [-0.2, 0) is 11.3 Å². The Balaban J connectivity index is 1.61. The van der Waals surface area contributed by atoms with Gasteiger partial charge in [-0.05, 0) is 37.8 Å². The molecule has 0 amide bonds. The second-order valence-corrected chi connectivity index (χ2v) is 6.52. The number of likely N-dealkylation sites (tertiary alicyclic amines) is 1. The second-order valence-electron chi connectivity index (χ2n) is 6.08. The van der Waals surface area contributed by atoms with Crippen LogP contribution in [0, 0.1) is 5.82 Å². The van der Waals surface area contributed by atoms with Gasteiger partial charge in [0.15, 0.2) is 0 Å². The van der Waals surface area contributed by atoms with E-state index in [4.69, 9.17) is 16.3 Å². The fourth-order valence-electron chi connectivity index (χ4n) is 3.37. The Morgan fingerprint density at radius 1 is 1.38 bits per heavy atom. The molecule has 1 spiro atoms. The van der Waals surface area contributed by atoms with Crippen molar-refractivity contribution in [2.45, 2.75) is 43.9 Å². The highest BCUT2D eigenvalue weighted by atomic mass is 35.5. The molecule has 3 nitrogen and oxygen atoms in total. The van der Waals surface area contributed by atoms with Gasteiger partial charge in [-0.15, -0.1) is 0 Å². The molecule has 1 aromatic rings. The Labute approximate surface area is 129 Å². The molecule has 0 aromatic heterocycles. The number of rotatable bonds is 2. The lowest BCUT2D eigenvalue weighted by atomic mass is 9.82. The van der Waals surface area contributed by atoms with Crippen LogP contribution in [0.25, 0.3) is 0 Å². The van der Waals surface area contributed by atoms with Gasteiger partial charge in [-0.25, -0.2) is 4.39 Å². The van der Waals surface area contributed by atoms with Crippen LogP contribution in [0.1, 0.15) is 31.2 Å². The highest BCUT2D eigenvalue weighted by molar-refractivity contribution is 6.30. The third-order valence-corrected chi connectivity index (χ3v) is 4.97. The van der Waals surface area contributed by atoms with Crippen LogP contribution in [0.5, 0.6) is 0 Å². The Bertz CT molecular complexity index is 503. The number of hydrogen-bond acceptors (Lipinski definition) is 3. The average Bonchev–Trinajstić information content (AvgIpc) is 2.47. The number of piperidine rings is 1. The van der Waals surface area contributed by atoms with E-state index in [1.807, 2.05) is 0 Å². The van der Waals surface area contributed by atoms with Gasteiger partial charge in [0.1, 0.15) is 5.82 Å². The van der Waals surface area contributed by atoms with Crippen molar-refractivity contribution in [2.75, 3.05) is 19.7 Å².